The van der Waals surface area contributed by atoms with Crippen molar-refractivity contribution >= 4 is 11.9 Å². The van der Waals surface area contributed by atoms with Gasteiger partial charge in [-0.05, 0) is 57.8 Å². The molecule has 7 N–H and O–H groups in total. The summed E-state index contributed by atoms with van der Waals surface area (Å²) < 4.78 is 33.7. The number of esters is 2. The Labute approximate surface area is 470 Å². The van der Waals surface area contributed by atoms with Gasteiger partial charge in [-0.2, -0.15) is 0 Å². The summed E-state index contributed by atoms with van der Waals surface area (Å²) in [7, 11) is 0. The fourth-order valence-corrected chi connectivity index (χ4v) is 9.54. The number of unbranched alkanes of at least 4 members (excludes halogenated alkanes) is 25. The van der Waals surface area contributed by atoms with Crippen molar-refractivity contribution in [2.45, 2.75) is 300 Å². The van der Waals surface area contributed by atoms with Crippen molar-refractivity contribution in [2.24, 2.45) is 0 Å². The highest BCUT2D eigenvalue weighted by atomic mass is 16.7. The molecule has 15 heteroatoms. The van der Waals surface area contributed by atoms with Crippen LogP contribution in [-0.4, -0.2) is 142 Å². The van der Waals surface area contributed by atoms with Gasteiger partial charge in [0, 0.05) is 12.8 Å². The van der Waals surface area contributed by atoms with E-state index in [2.05, 4.69) is 74.6 Å². The van der Waals surface area contributed by atoms with Gasteiger partial charge in [-0.25, -0.2) is 0 Å². The number of hydrogen-bond acceptors (Lipinski definition) is 15. The van der Waals surface area contributed by atoms with Crippen LogP contribution in [0, 0.1) is 0 Å². The first-order valence-electron chi connectivity index (χ1n) is 30.9. The van der Waals surface area contributed by atoms with E-state index in [0.29, 0.717) is 12.8 Å². The summed E-state index contributed by atoms with van der Waals surface area (Å²) in [5.74, 6) is -0.955. The Hall–Kier alpha value is -2.80. The Morgan fingerprint density at radius 3 is 1.27 bits per heavy atom. The predicted octanol–water partition coefficient (Wildman–Crippen LogP) is 11.2. The van der Waals surface area contributed by atoms with Crippen molar-refractivity contribution in [3.05, 3.63) is 60.8 Å². The maximum absolute atomic E-state index is 13.1. The summed E-state index contributed by atoms with van der Waals surface area (Å²) in [5.41, 5.74) is 0. The van der Waals surface area contributed by atoms with Crippen molar-refractivity contribution < 1.29 is 73.8 Å². The lowest BCUT2D eigenvalue weighted by Crippen LogP contribution is -2.61. The van der Waals surface area contributed by atoms with E-state index in [9.17, 15) is 45.3 Å². The fourth-order valence-electron chi connectivity index (χ4n) is 9.54. The highest BCUT2D eigenvalue weighted by Gasteiger charge is 2.47. The second kappa shape index (κ2) is 48.9. The van der Waals surface area contributed by atoms with Gasteiger partial charge < -0.3 is 64.2 Å². The summed E-state index contributed by atoms with van der Waals surface area (Å²) in [6.07, 6.45) is 42.5. The molecule has 0 aliphatic carbocycles. The number of hydrogen-bond donors (Lipinski definition) is 7. The van der Waals surface area contributed by atoms with Crippen LogP contribution in [0.15, 0.2) is 60.8 Å². The van der Waals surface area contributed by atoms with Crippen LogP contribution in [0.1, 0.15) is 232 Å². The molecular weight excluding hydrogens is 997 g/mol. The number of carbonyl (C=O) groups is 2. The fraction of sp³-hybridized carbons (Fsp3) is 0.810. The lowest BCUT2D eigenvalue weighted by molar-refractivity contribution is -0.332. The predicted molar refractivity (Wildman–Crippen MR) is 307 cm³/mol. The number of allylic oxidation sites excluding steroid dienone is 10. The topological polar surface area (TPSA) is 231 Å². The zero-order valence-corrected chi connectivity index (χ0v) is 48.4. The average Bonchev–Trinajstić information content (AvgIpc) is 3.43. The summed E-state index contributed by atoms with van der Waals surface area (Å²) in [5, 5.41) is 72.4. The molecule has 2 heterocycles. The third-order valence-electron chi connectivity index (χ3n) is 14.5. The third kappa shape index (κ3) is 35.1. The Morgan fingerprint density at radius 1 is 0.423 bits per heavy atom. The first-order chi connectivity index (χ1) is 38.0. The smallest absolute Gasteiger partial charge is 0.306 e. The standard InChI is InChI=1S/C63H110O15/c1-3-5-7-9-11-13-15-17-19-21-23-24-25-26-28-29-31-33-35-37-39-41-43-45-54(65)73-48-51(76-55(66)46-44-42-40-38-36-34-32-30-27-22-20-18-16-14-12-10-8-6-4-2)49-74-62-61(72)59(70)57(68)53(78-62)50-75-63-60(71)58(69)56(67)52(47-64)77-63/h6,8,12,14,18,20,27,30,34,36,51-53,56-64,67-72H,3-5,7,9-11,13,15-17,19,21-26,28-29,31-33,35,37-50H2,1-2H3/b8-6-,14-12-,20-18-,30-27-,36-34-. The van der Waals surface area contributed by atoms with Gasteiger partial charge in [0.1, 0.15) is 55.4 Å². The highest BCUT2D eigenvalue weighted by molar-refractivity contribution is 5.70. The minimum Gasteiger partial charge on any atom is -0.462 e. The molecule has 0 aromatic heterocycles. The summed E-state index contributed by atoms with van der Waals surface area (Å²) in [6.45, 7) is 2.48. The summed E-state index contributed by atoms with van der Waals surface area (Å²) in [6, 6.07) is 0. The van der Waals surface area contributed by atoms with E-state index in [0.717, 1.165) is 70.6 Å². The second-order valence-corrected chi connectivity index (χ2v) is 21.5. The van der Waals surface area contributed by atoms with E-state index in [1.54, 1.807) is 0 Å². The quantitative estimate of drug-likeness (QED) is 0.0171. The molecule has 78 heavy (non-hydrogen) atoms. The van der Waals surface area contributed by atoms with Crippen LogP contribution in [0.2, 0.25) is 0 Å². The first kappa shape index (κ1) is 71.3. The number of rotatable bonds is 49. The van der Waals surface area contributed by atoms with Crippen molar-refractivity contribution in [1.82, 2.24) is 0 Å². The maximum atomic E-state index is 13.1. The molecule has 0 saturated carbocycles. The van der Waals surface area contributed by atoms with Gasteiger partial charge >= 0.3 is 11.9 Å². The first-order valence-corrected chi connectivity index (χ1v) is 30.9. The molecule has 11 atom stereocenters. The van der Waals surface area contributed by atoms with Crippen molar-refractivity contribution in [1.29, 1.82) is 0 Å². The lowest BCUT2D eigenvalue weighted by atomic mass is 9.98. The molecule has 0 aromatic rings. The average molecular weight is 1110 g/mol. The van der Waals surface area contributed by atoms with Gasteiger partial charge in [-0.3, -0.25) is 9.59 Å². The molecule has 11 unspecified atom stereocenters. The van der Waals surface area contributed by atoms with Crippen LogP contribution < -0.4 is 0 Å². The minimum absolute atomic E-state index is 0.125. The Morgan fingerprint density at radius 2 is 0.808 bits per heavy atom. The molecule has 452 valence electrons. The molecule has 2 fully saturated rings. The highest BCUT2D eigenvalue weighted by Crippen LogP contribution is 2.27. The van der Waals surface area contributed by atoms with Gasteiger partial charge in [0.15, 0.2) is 18.7 Å². The van der Waals surface area contributed by atoms with Crippen LogP contribution >= 0.6 is 0 Å². The van der Waals surface area contributed by atoms with E-state index < -0.39 is 99.3 Å². The second-order valence-electron chi connectivity index (χ2n) is 21.5. The van der Waals surface area contributed by atoms with Crippen molar-refractivity contribution in [3.8, 4) is 0 Å². The van der Waals surface area contributed by atoms with Gasteiger partial charge in [0.25, 0.3) is 0 Å². The van der Waals surface area contributed by atoms with Gasteiger partial charge in [0.05, 0.1) is 19.8 Å². The van der Waals surface area contributed by atoms with E-state index in [1.165, 1.54) is 122 Å². The van der Waals surface area contributed by atoms with Crippen molar-refractivity contribution in [2.75, 3.05) is 26.4 Å². The third-order valence-corrected chi connectivity index (χ3v) is 14.5. The number of ether oxygens (including phenoxy) is 6. The van der Waals surface area contributed by atoms with E-state index in [-0.39, 0.29) is 19.4 Å². The molecule has 2 saturated heterocycles. The van der Waals surface area contributed by atoms with E-state index in [1.807, 2.05) is 0 Å². The van der Waals surface area contributed by atoms with Crippen LogP contribution in [-0.2, 0) is 38.0 Å². The minimum atomic E-state index is -1.77. The normalized spacial score (nSPS) is 24.4. The number of aliphatic hydroxyl groups excluding tert-OH is 7. The molecule has 0 radical (unpaired) electrons. The van der Waals surface area contributed by atoms with Gasteiger partial charge in [-0.15, -0.1) is 0 Å². The Bertz CT molecular complexity index is 1580. The number of aliphatic hydroxyl groups is 7. The zero-order valence-electron chi connectivity index (χ0n) is 48.4. The molecule has 2 rings (SSSR count). The lowest BCUT2D eigenvalue weighted by Gasteiger charge is -2.42. The zero-order chi connectivity index (χ0) is 56.7. The molecule has 2 aliphatic heterocycles. The van der Waals surface area contributed by atoms with Crippen LogP contribution in [0.5, 0.6) is 0 Å². The van der Waals surface area contributed by atoms with E-state index in [4.69, 9.17) is 28.4 Å². The molecule has 0 bridgehead atoms. The van der Waals surface area contributed by atoms with Crippen LogP contribution in [0.25, 0.3) is 0 Å². The largest absolute Gasteiger partial charge is 0.462 e. The van der Waals surface area contributed by atoms with Crippen LogP contribution in [0.3, 0.4) is 0 Å². The molecule has 0 spiro atoms. The molecule has 15 nitrogen and oxygen atoms in total. The Balaban J connectivity index is 1.73. The van der Waals surface area contributed by atoms with E-state index >= 15 is 0 Å². The van der Waals surface area contributed by atoms with Crippen molar-refractivity contribution in [3.63, 3.8) is 0 Å². The van der Waals surface area contributed by atoms with Crippen LogP contribution in [0.4, 0.5) is 0 Å². The van der Waals surface area contributed by atoms with Gasteiger partial charge in [0.2, 0.25) is 0 Å². The molecule has 2 aliphatic rings. The number of carbonyl (C=O) groups excluding carboxylic acids is 2. The monoisotopic (exact) mass is 1110 g/mol. The molecule has 0 amide bonds. The molecular formula is C63H110O15. The van der Waals surface area contributed by atoms with Gasteiger partial charge in [-0.1, -0.05) is 222 Å². The summed E-state index contributed by atoms with van der Waals surface area (Å²) in [4.78, 5) is 25.9. The summed E-state index contributed by atoms with van der Waals surface area (Å²) >= 11 is 0. The Kier molecular flexibility index (Phi) is 44.7. The SMILES string of the molecule is CC/C=C\C/C=C\C/C=C\C/C=C\C/C=C\CCCCCC(=O)OC(COC(=O)CCCCCCCCCCCCCCCCCCCCCCCCC)COC1OC(COC2OC(CO)C(O)C(O)C2O)C(O)C(O)C1O. The maximum Gasteiger partial charge on any atom is 0.306 e. The molecule has 0 aromatic carbocycles.